The highest BCUT2D eigenvalue weighted by molar-refractivity contribution is 6.33. The van der Waals surface area contributed by atoms with Crippen LogP contribution in [0, 0.1) is 29.1 Å². The minimum absolute atomic E-state index is 0.137. The molecule has 5 nitrogen and oxygen atoms in total. The van der Waals surface area contributed by atoms with Crippen molar-refractivity contribution < 1.29 is 9.59 Å². The highest BCUT2D eigenvalue weighted by Crippen LogP contribution is 2.61. The molecule has 33 heavy (non-hydrogen) atoms. The van der Waals surface area contributed by atoms with Crippen LogP contribution >= 0.6 is 11.6 Å². The van der Waals surface area contributed by atoms with Crippen molar-refractivity contribution in [2.24, 2.45) is 29.1 Å². The lowest BCUT2D eigenvalue weighted by Crippen LogP contribution is -2.49. The minimum atomic E-state index is 0.137. The molecule has 1 heterocycles. The van der Waals surface area contributed by atoms with E-state index in [1.807, 2.05) is 23.1 Å². The van der Waals surface area contributed by atoms with Gasteiger partial charge in [0.15, 0.2) is 0 Å². The molecule has 5 fully saturated rings. The molecule has 1 aromatic carbocycles. The molecular weight excluding hydrogens is 434 g/mol. The third-order valence-corrected chi connectivity index (χ3v) is 8.79. The molecule has 0 atom stereocenters. The molecule has 0 aromatic heterocycles. The van der Waals surface area contributed by atoms with Gasteiger partial charge in [-0.1, -0.05) is 25.4 Å². The average molecular weight is 472 g/mol. The summed E-state index contributed by atoms with van der Waals surface area (Å²) in [7, 11) is 0. The number of hydrogen-bond acceptors (Lipinski definition) is 3. The van der Waals surface area contributed by atoms with Crippen LogP contribution in [0.5, 0.6) is 0 Å². The number of carbonyl (C=O) groups is 2. The maximum absolute atomic E-state index is 13.0. The predicted octanol–water partition coefficient (Wildman–Crippen LogP) is 5.58. The topological polar surface area (TPSA) is 52.7 Å². The molecule has 4 saturated carbocycles. The fourth-order valence-electron chi connectivity index (χ4n) is 7.57. The number of hydrogen-bond donors (Lipinski definition) is 1. The zero-order valence-electron chi connectivity index (χ0n) is 20.1. The molecule has 1 aromatic rings. The summed E-state index contributed by atoms with van der Waals surface area (Å²) >= 11 is 6.64. The number of halogens is 1. The number of benzene rings is 1. The van der Waals surface area contributed by atoms with Crippen molar-refractivity contribution in [1.29, 1.82) is 0 Å². The number of nitrogens with zero attached hydrogens (tertiary/aromatic N) is 2. The summed E-state index contributed by atoms with van der Waals surface area (Å²) in [5.41, 5.74) is 2.01. The number of anilines is 2. The lowest BCUT2D eigenvalue weighted by molar-refractivity contribution is -0.132. The van der Waals surface area contributed by atoms with Crippen molar-refractivity contribution >= 4 is 34.8 Å². The second kappa shape index (κ2) is 9.13. The first-order valence-electron chi connectivity index (χ1n) is 12.9. The Hall–Kier alpha value is -1.75. The molecule has 0 spiro atoms. The van der Waals surface area contributed by atoms with Crippen LogP contribution in [0.4, 0.5) is 11.4 Å². The van der Waals surface area contributed by atoms with Crippen LogP contribution in [0.2, 0.25) is 5.02 Å². The van der Waals surface area contributed by atoms with Crippen LogP contribution < -0.4 is 10.2 Å². The van der Waals surface area contributed by atoms with E-state index in [2.05, 4.69) is 24.1 Å². The molecule has 5 aliphatic rings. The quantitative estimate of drug-likeness (QED) is 0.589. The van der Waals surface area contributed by atoms with Crippen LogP contribution in [-0.2, 0) is 9.59 Å². The summed E-state index contributed by atoms with van der Waals surface area (Å²) in [4.78, 5) is 29.5. The Bertz CT molecular complexity index is 871. The van der Waals surface area contributed by atoms with Gasteiger partial charge in [-0.2, -0.15) is 0 Å². The minimum Gasteiger partial charge on any atom is -0.367 e. The Morgan fingerprint density at radius 1 is 1.03 bits per heavy atom. The zero-order valence-corrected chi connectivity index (χ0v) is 20.9. The number of rotatable bonds is 6. The maximum Gasteiger partial charge on any atom is 0.224 e. The zero-order chi connectivity index (χ0) is 23.2. The van der Waals surface area contributed by atoms with Crippen molar-refractivity contribution in [3.63, 3.8) is 0 Å². The summed E-state index contributed by atoms with van der Waals surface area (Å²) in [6, 6.07) is 5.86. The Morgan fingerprint density at radius 2 is 1.64 bits per heavy atom. The Labute approximate surface area is 203 Å². The fourth-order valence-corrected chi connectivity index (χ4v) is 7.87. The van der Waals surface area contributed by atoms with Crippen molar-refractivity contribution in [1.82, 2.24) is 4.90 Å². The Balaban J connectivity index is 1.16. The Kier molecular flexibility index (Phi) is 6.37. The molecular formula is C27H38ClN3O2. The fraction of sp³-hybridized carbons (Fsp3) is 0.704. The van der Waals surface area contributed by atoms with Gasteiger partial charge in [-0.25, -0.2) is 0 Å². The lowest BCUT2D eigenvalue weighted by Gasteiger charge is -2.56. The van der Waals surface area contributed by atoms with Gasteiger partial charge >= 0.3 is 0 Å². The second-order valence-corrected chi connectivity index (χ2v) is 12.2. The van der Waals surface area contributed by atoms with Crippen LogP contribution in [0.3, 0.4) is 0 Å². The van der Waals surface area contributed by atoms with Gasteiger partial charge in [0.2, 0.25) is 11.8 Å². The van der Waals surface area contributed by atoms with Gasteiger partial charge in [-0.05, 0) is 85.8 Å². The summed E-state index contributed by atoms with van der Waals surface area (Å²) in [5, 5.41) is 3.79. The van der Waals surface area contributed by atoms with E-state index < -0.39 is 0 Å². The molecule has 2 amide bonds. The Morgan fingerprint density at radius 3 is 2.18 bits per heavy atom. The van der Waals surface area contributed by atoms with E-state index in [0.29, 0.717) is 23.8 Å². The largest absolute Gasteiger partial charge is 0.367 e. The molecule has 6 rings (SSSR count). The third-order valence-electron chi connectivity index (χ3n) is 8.49. The summed E-state index contributed by atoms with van der Waals surface area (Å²) < 4.78 is 0. The van der Waals surface area contributed by atoms with E-state index >= 15 is 0 Å². The van der Waals surface area contributed by atoms with Crippen LogP contribution in [0.25, 0.3) is 0 Å². The van der Waals surface area contributed by atoms with Gasteiger partial charge in [-0.15, -0.1) is 0 Å². The smallest absolute Gasteiger partial charge is 0.224 e. The van der Waals surface area contributed by atoms with Gasteiger partial charge in [0.25, 0.3) is 0 Å². The van der Waals surface area contributed by atoms with Crippen molar-refractivity contribution in [3.8, 4) is 0 Å². The molecule has 1 aliphatic heterocycles. The molecule has 4 bridgehead atoms. The van der Waals surface area contributed by atoms with Crippen molar-refractivity contribution in [2.75, 3.05) is 36.4 Å². The number of carbonyl (C=O) groups excluding carboxylic acids is 2. The summed E-state index contributed by atoms with van der Waals surface area (Å²) in [6.07, 6.45) is 9.21. The van der Waals surface area contributed by atoms with E-state index in [0.717, 1.165) is 55.3 Å². The van der Waals surface area contributed by atoms with Crippen LogP contribution in [0.1, 0.15) is 65.2 Å². The van der Waals surface area contributed by atoms with E-state index in [1.165, 1.54) is 38.5 Å². The average Bonchev–Trinajstić information content (AvgIpc) is 2.72. The van der Waals surface area contributed by atoms with Crippen molar-refractivity contribution in [3.05, 3.63) is 23.2 Å². The highest BCUT2D eigenvalue weighted by atomic mass is 35.5. The number of piperazine rings is 1. The normalized spacial score (nSPS) is 30.7. The maximum atomic E-state index is 13.0. The van der Waals surface area contributed by atoms with Crippen LogP contribution in [0.15, 0.2) is 18.2 Å². The van der Waals surface area contributed by atoms with Crippen LogP contribution in [-0.4, -0.2) is 42.9 Å². The van der Waals surface area contributed by atoms with Gasteiger partial charge in [0, 0.05) is 44.7 Å². The molecule has 1 saturated heterocycles. The molecule has 0 radical (unpaired) electrons. The van der Waals surface area contributed by atoms with Gasteiger partial charge in [-0.3, -0.25) is 9.59 Å². The predicted molar refractivity (Wildman–Crippen MR) is 134 cm³/mol. The molecule has 6 heteroatoms. The molecule has 4 aliphatic carbocycles. The molecule has 0 unspecified atom stereocenters. The van der Waals surface area contributed by atoms with Gasteiger partial charge in [0.05, 0.1) is 10.7 Å². The van der Waals surface area contributed by atoms with Crippen molar-refractivity contribution in [2.45, 2.75) is 65.2 Å². The number of nitrogens with one attached hydrogen (secondary N) is 1. The first-order valence-corrected chi connectivity index (χ1v) is 13.3. The van der Waals surface area contributed by atoms with Gasteiger partial charge < -0.3 is 15.1 Å². The molecule has 1 N–H and O–H groups in total. The van der Waals surface area contributed by atoms with Gasteiger partial charge in [0.1, 0.15) is 0 Å². The second-order valence-electron chi connectivity index (χ2n) is 11.8. The monoisotopic (exact) mass is 471 g/mol. The first kappa shape index (κ1) is 23.0. The summed E-state index contributed by atoms with van der Waals surface area (Å²) in [5.74, 6) is 3.35. The number of amides is 2. The van der Waals surface area contributed by atoms with E-state index in [1.54, 1.807) is 0 Å². The van der Waals surface area contributed by atoms with E-state index in [9.17, 15) is 9.59 Å². The van der Waals surface area contributed by atoms with E-state index in [-0.39, 0.29) is 17.2 Å². The summed E-state index contributed by atoms with van der Waals surface area (Å²) in [6.45, 7) is 7.17. The SMILES string of the molecule is CC(C)CC(=O)N1CCN(c2ccc(NC(=O)CC34CC5CC(CC(C5)C3)C4)cc2Cl)CC1. The molecule has 180 valence electrons. The third kappa shape index (κ3) is 5.03. The highest BCUT2D eigenvalue weighted by Gasteiger charge is 2.51. The first-order chi connectivity index (χ1) is 15.8. The van der Waals surface area contributed by atoms with E-state index in [4.69, 9.17) is 11.6 Å². The standard InChI is InChI=1S/C27H38ClN3O2/c1-18(2)9-26(33)31-7-5-30(6-8-31)24-4-3-22(13-23(24)28)29-25(32)17-27-14-19-10-20(15-27)12-21(11-19)16-27/h3-4,13,18-21H,5-12,14-17H2,1-2H3,(H,29,32). The lowest BCUT2D eigenvalue weighted by atomic mass is 9.49.